The van der Waals surface area contributed by atoms with Gasteiger partial charge in [-0.3, -0.25) is 14.9 Å². The van der Waals surface area contributed by atoms with Crippen LogP contribution in [-0.2, 0) is 4.79 Å². The van der Waals surface area contributed by atoms with Crippen molar-refractivity contribution in [2.45, 2.75) is 18.9 Å². The molecule has 0 spiro atoms. The zero-order valence-corrected chi connectivity index (χ0v) is 13.5. The van der Waals surface area contributed by atoms with E-state index in [1.807, 2.05) is 0 Å². The van der Waals surface area contributed by atoms with Gasteiger partial charge >= 0.3 is 6.03 Å². The number of para-hydroxylation sites is 1. The molecule has 0 radical (unpaired) electrons. The van der Waals surface area contributed by atoms with Crippen molar-refractivity contribution in [1.29, 1.82) is 0 Å². The lowest BCUT2D eigenvalue weighted by molar-refractivity contribution is -0.118. The Bertz CT molecular complexity index is 620. The Morgan fingerprint density at radius 1 is 1.29 bits per heavy atom. The van der Waals surface area contributed by atoms with Gasteiger partial charge in [-0.1, -0.05) is 12.1 Å². The number of nitrogens with one attached hydrogen (secondary N) is 3. The van der Waals surface area contributed by atoms with Gasteiger partial charge in [0, 0.05) is 19.3 Å². The number of nitrogens with zero attached hydrogens (tertiary/aromatic N) is 1. The summed E-state index contributed by atoms with van der Waals surface area (Å²) in [6.07, 6.45) is 1.65. The molecule has 4 N–H and O–H groups in total. The summed E-state index contributed by atoms with van der Waals surface area (Å²) >= 11 is 0. The van der Waals surface area contributed by atoms with Gasteiger partial charge in [0.15, 0.2) is 0 Å². The second-order valence-electron chi connectivity index (χ2n) is 5.50. The highest BCUT2D eigenvalue weighted by Crippen LogP contribution is 2.23. The van der Waals surface area contributed by atoms with E-state index in [0.29, 0.717) is 17.8 Å². The number of carbonyl (C=O) groups is 3. The van der Waals surface area contributed by atoms with Crippen LogP contribution in [0.15, 0.2) is 24.3 Å². The first-order valence-corrected chi connectivity index (χ1v) is 7.83. The molecule has 1 aliphatic heterocycles. The standard InChI is InChI=1S/C16H22N4O4/c1-17-16(24)19-14(22)9-18-13-7-3-2-6-12(13)15(23)20-8-4-5-11(20)10-21/h2-3,6-7,11,18,21H,4-5,8-10H2,1H3,(H2,17,19,22,24). The van der Waals surface area contributed by atoms with Crippen LogP contribution in [0.5, 0.6) is 0 Å². The molecule has 1 unspecified atom stereocenters. The van der Waals surface area contributed by atoms with Crippen molar-refractivity contribution in [1.82, 2.24) is 15.5 Å². The van der Waals surface area contributed by atoms with Gasteiger partial charge < -0.3 is 20.6 Å². The van der Waals surface area contributed by atoms with Crippen LogP contribution in [0.1, 0.15) is 23.2 Å². The average Bonchev–Trinajstić information content (AvgIpc) is 3.08. The maximum absolute atomic E-state index is 12.7. The number of aliphatic hydroxyl groups is 1. The van der Waals surface area contributed by atoms with E-state index in [0.717, 1.165) is 12.8 Å². The molecule has 0 aliphatic carbocycles. The topological polar surface area (TPSA) is 111 Å². The van der Waals surface area contributed by atoms with E-state index in [4.69, 9.17) is 0 Å². The minimum atomic E-state index is -0.589. The number of carbonyl (C=O) groups excluding carboxylic acids is 3. The number of aliphatic hydroxyl groups excluding tert-OH is 1. The number of amides is 4. The number of hydrogen-bond donors (Lipinski definition) is 4. The highest BCUT2D eigenvalue weighted by atomic mass is 16.3. The van der Waals surface area contributed by atoms with E-state index in [2.05, 4.69) is 16.0 Å². The number of imide groups is 1. The summed E-state index contributed by atoms with van der Waals surface area (Å²) in [6.45, 7) is 0.409. The van der Waals surface area contributed by atoms with Gasteiger partial charge in [-0.25, -0.2) is 4.79 Å². The molecule has 2 rings (SSSR count). The van der Waals surface area contributed by atoms with Gasteiger partial charge in [-0.05, 0) is 25.0 Å². The molecule has 0 saturated carbocycles. The molecule has 8 heteroatoms. The zero-order chi connectivity index (χ0) is 17.5. The minimum Gasteiger partial charge on any atom is -0.394 e. The predicted molar refractivity (Wildman–Crippen MR) is 88.7 cm³/mol. The molecule has 1 aromatic carbocycles. The summed E-state index contributed by atoms with van der Waals surface area (Å²) in [6, 6.07) is 6.12. The van der Waals surface area contributed by atoms with Gasteiger partial charge in [-0.2, -0.15) is 0 Å². The van der Waals surface area contributed by atoms with Crippen LogP contribution >= 0.6 is 0 Å². The van der Waals surface area contributed by atoms with Gasteiger partial charge in [0.2, 0.25) is 5.91 Å². The number of anilines is 1. The Morgan fingerprint density at radius 2 is 2.04 bits per heavy atom. The van der Waals surface area contributed by atoms with Crippen LogP contribution in [-0.4, -0.2) is 60.6 Å². The van der Waals surface area contributed by atoms with Crippen LogP contribution in [0.25, 0.3) is 0 Å². The van der Waals surface area contributed by atoms with E-state index in [-0.39, 0.29) is 25.1 Å². The highest BCUT2D eigenvalue weighted by molar-refractivity contribution is 6.01. The number of hydrogen-bond acceptors (Lipinski definition) is 5. The predicted octanol–water partition coefficient (Wildman–Crippen LogP) is 0.151. The summed E-state index contributed by atoms with van der Waals surface area (Å²) in [7, 11) is 1.41. The second-order valence-corrected chi connectivity index (χ2v) is 5.50. The summed E-state index contributed by atoms with van der Waals surface area (Å²) in [4.78, 5) is 37.1. The van der Waals surface area contributed by atoms with E-state index >= 15 is 0 Å². The smallest absolute Gasteiger partial charge is 0.321 e. The maximum atomic E-state index is 12.7. The van der Waals surface area contributed by atoms with Crippen molar-refractivity contribution in [3.05, 3.63) is 29.8 Å². The fourth-order valence-electron chi connectivity index (χ4n) is 2.68. The normalized spacial score (nSPS) is 16.6. The SMILES string of the molecule is CNC(=O)NC(=O)CNc1ccccc1C(=O)N1CCCC1CO. The Morgan fingerprint density at radius 3 is 2.75 bits per heavy atom. The number of urea groups is 1. The molecule has 1 atom stereocenters. The Labute approximate surface area is 140 Å². The lowest BCUT2D eigenvalue weighted by Gasteiger charge is -2.24. The van der Waals surface area contributed by atoms with Crippen LogP contribution < -0.4 is 16.0 Å². The Kier molecular flexibility index (Phi) is 6.14. The molecule has 24 heavy (non-hydrogen) atoms. The molecular formula is C16H22N4O4. The van der Waals surface area contributed by atoms with E-state index in [1.54, 1.807) is 29.2 Å². The third-order valence-electron chi connectivity index (χ3n) is 3.93. The molecule has 0 bridgehead atoms. The second kappa shape index (κ2) is 8.30. The lowest BCUT2D eigenvalue weighted by atomic mass is 10.1. The Balaban J connectivity index is 2.06. The van der Waals surface area contributed by atoms with Gasteiger partial charge in [-0.15, -0.1) is 0 Å². The van der Waals surface area contributed by atoms with Gasteiger partial charge in [0.1, 0.15) is 0 Å². The van der Waals surface area contributed by atoms with Crippen molar-refractivity contribution >= 4 is 23.5 Å². The molecule has 0 aromatic heterocycles. The Hall–Kier alpha value is -2.61. The minimum absolute atomic E-state index is 0.0597. The van der Waals surface area contributed by atoms with E-state index in [1.165, 1.54) is 7.05 Å². The molecule has 130 valence electrons. The quantitative estimate of drug-likeness (QED) is 0.613. The molecular weight excluding hydrogens is 312 g/mol. The van der Waals surface area contributed by atoms with Crippen molar-refractivity contribution in [3.63, 3.8) is 0 Å². The van der Waals surface area contributed by atoms with Crippen molar-refractivity contribution < 1.29 is 19.5 Å². The largest absolute Gasteiger partial charge is 0.394 e. The van der Waals surface area contributed by atoms with Crippen LogP contribution in [0.2, 0.25) is 0 Å². The monoisotopic (exact) mass is 334 g/mol. The summed E-state index contributed by atoms with van der Waals surface area (Å²) in [5.41, 5.74) is 0.948. The molecule has 1 aromatic rings. The molecule has 1 saturated heterocycles. The first-order chi connectivity index (χ1) is 11.6. The third kappa shape index (κ3) is 4.23. The zero-order valence-electron chi connectivity index (χ0n) is 13.5. The lowest BCUT2D eigenvalue weighted by Crippen LogP contribution is -2.40. The van der Waals surface area contributed by atoms with Gasteiger partial charge in [0.05, 0.1) is 24.8 Å². The molecule has 1 fully saturated rings. The number of rotatable bonds is 5. The summed E-state index contributed by atoms with van der Waals surface area (Å²) < 4.78 is 0. The fraction of sp³-hybridized carbons (Fsp3) is 0.438. The average molecular weight is 334 g/mol. The highest BCUT2D eigenvalue weighted by Gasteiger charge is 2.29. The van der Waals surface area contributed by atoms with Crippen molar-refractivity contribution in [3.8, 4) is 0 Å². The van der Waals surface area contributed by atoms with Crippen LogP contribution in [0, 0.1) is 0 Å². The van der Waals surface area contributed by atoms with Crippen LogP contribution in [0.3, 0.4) is 0 Å². The van der Waals surface area contributed by atoms with Gasteiger partial charge in [0.25, 0.3) is 5.91 Å². The first-order valence-electron chi connectivity index (χ1n) is 7.83. The summed E-state index contributed by atoms with van der Waals surface area (Å²) in [5.74, 6) is -0.688. The van der Waals surface area contributed by atoms with Crippen molar-refractivity contribution in [2.24, 2.45) is 0 Å². The number of benzene rings is 1. The van der Waals surface area contributed by atoms with Crippen molar-refractivity contribution in [2.75, 3.05) is 32.1 Å². The van der Waals surface area contributed by atoms with E-state index in [9.17, 15) is 19.5 Å². The maximum Gasteiger partial charge on any atom is 0.321 e. The van der Waals surface area contributed by atoms with Crippen LogP contribution in [0.4, 0.5) is 10.5 Å². The molecule has 4 amide bonds. The molecule has 1 heterocycles. The molecule has 1 aliphatic rings. The third-order valence-corrected chi connectivity index (χ3v) is 3.93. The van der Waals surface area contributed by atoms with E-state index < -0.39 is 11.9 Å². The summed E-state index contributed by atoms with van der Waals surface area (Å²) in [5, 5.41) is 16.7. The molecule has 8 nitrogen and oxygen atoms in total. The fourth-order valence-corrected chi connectivity index (χ4v) is 2.68. The number of likely N-dealkylation sites (tertiary alicyclic amines) is 1. The first kappa shape index (κ1) is 17.7.